The Balaban J connectivity index is 2.62. The van der Waals surface area contributed by atoms with Crippen molar-refractivity contribution in [2.45, 2.75) is 33.4 Å². The Labute approximate surface area is 99.2 Å². The lowest BCUT2D eigenvalue weighted by Gasteiger charge is -2.18. The number of benzene rings is 1. The van der Waals surface area contributed by atoms with Crippen LogP contribution in [0, 0.1) is 11.7 Å². The lowest BCUT2D eigenvalue weighted by molar-refractivity contribution is 0.425. The lowest BCUT2D eigenvalue weighted by atomic mass is 10.1. The second-order valence-electron chi connectivity index (χ2n) is 4.13. The van der Waals surface area contributed by atoms with Gasteiger partial charge in [-0.05, 0) is 40.4 Å². The fraction of sp³-hybridized carbons (Fsp3) is 0.500. The number of halogens is 2. The number of hydrogen-bond acceptors (Lipinski definition) is 1. The molecule has 1 nitrogen and oxygen atoms in total. The molecule has 0 bridgehead atoms. The molecule has 84 valence electrons. The SMILES string of the molecule is CC(C)C(C)NCc1cccc(F)c1Br. The number of nitrogens with one attached hydrogen (secondary N) is 1. The molecule has 15 heavy (non-hydrogen) atoms. The van der Waals surface area contributed by atoms with Gasteiger partial charge in [-0.3, -0.25) is 0 Å². The molecule has 1 aromatic carbocycles. The molecule has 3 heteroatoms. The minimum absolute atomic E-state index is 0.202. The van der Waals surface area contributed by atoms with Crippen molar-refractivity contribution in [3.05, 3.63) is 34.1 Å². The zero-order valence-corrected chi connectivity index (χ0v) is 10.9. The maximum atomic E-state index is 13.2. The van der Waals surface area contributed by atoms with Crippen molar-refractivity contribution in [1.82, 2.24) is 5.32 Å². The van der Waals surface area contributed by atoms with Crippen molar-refractivity contribution in [2.75, 3.05) is 0 Å². The fourth-order valence-electron chi connectivity index (χ4n) is 1.19. The molecule has 0 saturated carbocycles. The monoisotopic (exact) mass is 273 g/mol. The van der Waals surface area contributed by atoms with E-state index in [4.69, 9.17) is 0 Å². The van der Waals surface area contributed by atoms with E-state index in [1.54, 1.807) is 6.07 Å². The van der Waals surface area contributed by atoms with E-state index in [0.717, 1.165) is 5.56 Å². The van der Waals surface area contributed by atoms with Crippen molar-refractivity contribution in [3.63, 3.8) is 0 Å². The van der Waals surface area contributed by atoms with E-state index >= 15 is 0 Å². The summed E-state index contributed by atoms with van der Waals surface area (Å²) in [5.41, 5.74) is 0.961. The van der Waals surface area contributed by atoms with Crippen molar-refractivity contribution in [3.8, 4) is 0 Å². The number of rotatable bonds is 4. The van der Waals surface area contributed by atoms with Gasteiger partial charge in [0, 0.05) is 12.6 Å². The van der Waals surface area contributed by atoms with Gasteiger partial charge < -0.3 is 5.32 Å². The first-order chi connectivity index (χ1) is 7.02. The first-order valence-electron chi connectivity index (χ1n) is 5.18. The molecule has 1 aromatic rings. The van der Waals surface area contributed by atoms with E-state index in [-0.39, 0.29) is 5.82 Å². The van der Waals surface area contributed by atoms with Crippen LogP contribution in [0.2, 0.25) is 0 Å². The van der Waals surface area contributed by atoms with Crippen LogP contribution in [0.25, 0.3) is 0 Å². The van der Waals surface area contributed by atoms with E-state index in [1.165, 1.54) is 6.07 Å². The molecule has 1 unspecified atom stereocenters. The van der Waals surface area contributed by atoms with Gasteiger partial charge in [0.05, 0.1) is 4.47 Å². The quantitative estimate of drug-likeness (QED) is 0.882. The Kier molecular flexibility index (Phi) is 4.74. The highest BCUT2D eigenvalue weighted by Gasteiger charge is 2.08. The molecule has 1 N–H and O–H groups in total. The summed E-state index contributed by atoms with van der Waals surface area (Å²) >= 11 is 3.25. The molecule has 0 aliphatic carbocycles. The highest BCUT2D eigenvalue weighted by molar-refractivity contribution is 9.10. The minimum Gasteiger partial charge on any atom is -0.310 e. The molecule has 0 heterocycles. The summed E-state index contributed by atoms with van der Waals surface area (Å²) in [5.74, 6) is 0.379. The maximum Gasteiger partial charge on any atom is 0.137 e. The van der Waals surface area contributed by atoms with E-state index in [1.807, 2.05) is 6.07 Å². The van der Waals surface area contributed by atoms with Crippen LogP contribution in [0.1, 0.15) is 26.3 Å². The number of hydrogen-bond donors (Lipinski definition) is 1. The van der Waals surface area contributed by atoms with Crippen molar-refractivity contribution in [1.29, 1.82) is 0 Å². The molecule has 1 rings (SSSR count). The summed E-state index contributed by atoms with van der Waals surface area (Å²) < 4.78 is 13.8. The first kappa shape index (κ1) is 12.7. The first-order valence-corrected chi connectivity index (χ1v) is 5.98. The summed E-state index contributed by atoms with van der Waals surface area (Å²) in [6.07, 6.45) is 0. The normalized spacial score (nSPS) is 13.2. The van der Waals surface area contributed by atoms with Gasteiger partial charge in [-0.15, -0.1) is 0 Å². The molecular formula is C12H17BrFN. The van der Waals surface area contributed by atoms with Gasteiger partial charge in [-0.2, -0.15) is 0 Å². The predicted molar refractivity (Wildman–Crippen MR) is 65.2 cm³/mol. The van der Waals surface area contributed by atoms with E-state index in [9.17, 15) is 4.39 Å². The Morgan fingerprint density at radius 3 is 2.60 bits per heavy atom. The van der Waals surface area contributed by atoms with Crippen LogP contribution in [-0.4, -0.2) is 6.04 Å². The highest BCUT2D eigenvalue weighted by atomic mass is 79.9. The molecule has 0 amide bonds. The van der Waals surface area contributed by atoms with Gasteiger partial charge in [0.2, 0.25) is 0 Å². The summed E-state index contributed by atoms with van der Waals surface area (Å²) in [5, 5.41) is 3.37. The Morgan fingerprint density at radius 1 is 1.33 bits per heavy atom. The topological polar surface area (TPSA) is 12.0 Å². The third-order valence-corrected chi connectivity index (χ3v) is 3.53. The zero-order valence-electron chi connectivity index (χ0n) is 9.35. The van der Waals surface area contributed by atoms with Crippen molar-refractivity contribution < 1.29 is 4.39 Å². The summed E-state index contributed by atoms with van der Waals surface area (Å²) in [7, 11) is 0. The summed E-state index contributed by atoms with van der Waals surface area (Å²) in [4.78, 5) is 0. The second kappa shape index (κ2) is 5.61. The van der Waals surface area contributed by atoms with Crippen LogP contribution in [0.15, 0.2) is 22.7 Å². The Hall–Kier alpha value is -0.410. The fourth-order valence-corrected chi connectivity index (χ4v) is 1.60. The zero-order chi connectivity index (χ0) is 11.4. The third-order valence-electron chi connectivity index (χ3n) is 2.65. The van der Waals surface area contributed by atoms with E-state index in [0.29, 0.717) is 23.0 Å². The average molecular weight is 274 g/mol. The molecular weight excluding hydrogens is 257 g/mol. The van der Waals surface area contributed by atoms with Gasteiger partial charge in [-0.25, -0.2) is 4.39 Å². The van der Waals surface area contributed by atoms with Crippen LogP contribution >= 0.6 is 15.9 Å². The maximum absolute atomic E-state index is 13.2. The summed E-state index contributed by atoms with van der Waals surface area (Å²) in [6, 6.07) is 5.55. The highest BCUT2D eigenvalue weighted by Crippen LogP contribution is 2.20. The molecule has 0 spiro atoms. The van der Waals surface area contributed by atoms with Crippen LogP contribution in [-0.2, 0) is 6.54 Å². The third kappa shape index (κ3) is 3.58. The van der Waals surface area contributed by atoms with Gasteiger partial charge >= 0.3 is 0 Å². The Morgan fingerprint density at radius 2 is 2.00 bits per heavy atom. The minimum atomic E-state index is -0.202. The van der Waals surface area contributed by atoms with Gasteiger partial charge in [0.25, 0.3) is 0 Å². The van der Waals surface area contributed by atoms with Crippen molar-refractivity contribution in [2.24, 2.45) is 5.92 Å². The van der Waals surface area contributed by atoms with Crippen molar-refractivity contribution >= 4 is 15.9 Å². The molecule has 1 atom stereocenters. The Bertz CT molecular complexity index is 325. The largest absolute Gasteiger partial charge is 0.310 e. The van der Waals surface area contributed by atoms with Crippen LogP contribution in [0.3, 0.4) is 0 Å². The van der Waals surface area contributed by atoms with E-state index in [2.05, 4.69) is 42.0 Å². The predicted octanol–water partition coefficient (Wildman–Crippen LogP) is 3.72. The molecule has 0 fully saturated rings. The molecule has 0 aromatic heterocycles. The molecule has 0 saturated heterocycles. The van der Waals surface area contributed by atoms with Gasteiger partial charge in [-0.1, -0.05) is 26.0 Å². The smallest absolute Gasteiger partial charge is 0.137 e. The lowest BCUT2D eigenvalue weighted by Crippen LogP contribution is -2.30. The standard InChI is InChI=1S/C12H17BrFN/c1-8(2)9(3)15-7-10-5-4-6-11(14)12(10)13/h4-6,8-9,15H,7H2,1-3H3. The molecule has 0 aliphatic rings. The molecule has 0 radical (unpaired) electrons. The van der Waals surface area contributed by atoms with Gasteiger partial charge in [0.1, 0.15) is 5.82 Å². The second-order valence-corrected chi connectivity index (χ2v) is 4.92. The van der Waals surface area contributed by atoms with Crippen LogP contribution in [0.4, 0.5) is 4.39 Å². The summed E-state index contributed by atoms with van der Waals surface area (Å²) in [6.45, 7) is 7.16. The van der Waals surface area contributed by atoms with E-state index < -0.39 is 0 Å². The van der Waals surface area contributed by atoms with Crippen LogP contribution < -0.4 is 5.32 Å². The van der Waals surface area contributed by atoms with Crippen LogP contribution in [0.5, 0.6) is 0 Å². The molecule has 0 aliphatic heterocycles. The average Bonchev–Trinajstić information content (AvgIpc) is 2.19. The van der Waals surface area contributed by atoms with Gasteiger partial charge in [0.15, 0.2) is 0 Å².